The van der Waals surface area contributed by atoms with E-state index in [1.54, 1.807) is 32.4 Å². The summed E-state index contributed by atoms with van der Waals surface area (Å²) in [6.45, 7) is 0.271. The van der Waals surface area contributed by atoms with Crippen molar-refractivity contribution in [1.82, 2.24) is 5.32 Å². The summed E-state index contributed by atoms with van der Waals surface area (Å²) in [5, 5.41) is 12.3. The average molecular weight is 295 g/mol. The lowest BCUT2D eigenvalue weighted by molar-refractivity contribution is -0.139. The maximum absolute atomic E-state index is 11.2. The van der Waals surface area contributed by atoms with Crippen molar-refractivity contribution in [3.05, 3.63) is 18.2 Å². The molecule has 0 aliphatic heterocycles. The van der Waals surface area contributed by atoms with E-state index in [-0.39, 0.29) is 6.61 Å². The zero-order chi connectivity index (χ0) is 15.2. The summed E-state index contributed by atoms with van der Waals surface area (Å²) < 4.78 is 16.1. The molecule has 21 heavy (non-hydrogen) atoms. The zero-order valence-corrected chi connectivity index (χ0v) is 12.3. The number of carboxylic acids is 1. The fourth-order valence-corrected chi connectivity index (χ4v) is 2.05. The smallest absolute Gasteiger partial charge is 0.320 e. The van der Waals surface area contributed by atoms with Crippen molar-refractivity contribution in [1.29, 1.82) is 0 Å². The van der Waals surface area contributed by atoms with Crippen LogP contribution in [0.2, 0.25) is 0 Å². The number of hydrogen-bond donors (Lipinski definition) is 2. The van der Waals surface area contributed by atoms with E-state index >= 15 is 0 Å². The number of carboxylic acid groups (broad SMARTS) is 1. The Hall–Kier alpha value is -1.95. The molecule has 1 aromatic carbocycles. The fourth-order valence-electron chi connectivity index (χ4n) is 2.05. The first-order valence-corrected chi connectivity index (χ1v) is 6.98. The van der Waals surface area contributed by atoms with Gasteiger partial charge in [-0.2, -0.15) is 0 Å². The zero-order valence-electron chi connectivity index (χ0n) is 12.3. The van der Waals surface area contributed by atoms with Crippen LogP contribution in [0.25, 0.3) is 0 Å². The van der Waals surface area contributed by atoms with Crippen molar-refractivity contribution in [2.24, 2.45) is 0 Å². The SMILES string of the molecule is COc1cccc(OC)c1OCCC(NC1CC1)C(=O)O. The number of ether oxygens (including phenoxy) is 3. The number of hydrogen-bond acceptors (Lipinski definition) is 5. The molecule has 0 heterocycles. The Balaban J connectivity index is 1.93. The summed E-state index contributed by atoms with van der Waals surface area (Å²) in [6, 6.07) is 5.11. The Kier molecular flexibility index (Phi) is 5.27. The van der Waals surface area contributed by atoms with Crippen LogP contribution in [0.3, 0.4) is 0 Å². The van der Waals surface area contributed by atoms with Crippen molar-refractivity contribution in [3.63, 3.8) is 0 Å². The summed E-state index contributed by atoms with van der Waals surface area (Å²) in [4.78, 5) is 11.2. The number of aliphatic carboxylic acids is 1. The molecule has 1 aliphatic rings. The van der Waals surface area contributed by atoms with E-state index in [9.17, 15) is 9.90 Å². The van der Waals surface area contributed by atoms with Gasteiger partial charge in [0.05, 0.1) is 20.8 Å². The van der Waals surface area contributed by atoms with Gasteiger partial charge < -0.3 is 24.6 Å². The molecular weight excluding hydrogens is 274 g/mol. The largest absolute Gasteiger partial charge is 0.493 e. The fraction of sp³-hybridized carbons (Fsp3) is 0.533. The van der Waals surface area contributed by atoms with Gasteiger partial charge in [-0.1, -0.05) is 6.07 Å². The van der Waals surface area contributed by atoms with Crippen molar-refractivity contribution in [3.8, 4) is 17.2 Å². The molecule has 1 saturated carbocycles. The minimum atomic E-state index is -0.850. The Bertz CT molecular complexity index is 465. The van der Waals surface area contributed by atoms with Crippen molar-refractivity contribution in [2.75, 3.05) is 20.8 Å². The van der Waals surface area contributed by atoms with E-state index in [2.05, 4.69) is 5.32 Å². The topological polar surface area (TPSA) is 77.0 Å². The third kappa shape index (κ3) is 4.26. The first-order chi connectivity index (χ1) is 10.2. The molecule has 6 nitrogen and oxygen atoms in total. The molecule has 0 radical (unpaired) electrons. The maximum Gasteiger partial charge on any atom is 0.320 e. The summed E-state index contributed by atoms with van der Waals surface area (Å²) >= 11 is 0. The van der Waals surface area contributed by atoms with Gasteiger partial charge in [-0.15, -0.1) is 0 Å². The van der Waals surface area contributed by atoms with Crippen LogP contribution in [0.4, 0.5) is 0 Å². The van der Waals surface area contributed by atoms with Crippen molar-refractivity contribution in [2.45, 2.75) is 31.3 Å². The van der Waals surface area contributed by atoms with Gasteiger partial charge in [0, 0.05) is 12.5 Å². The molecule has 0 aromatic heterocycles. The van der Waals surface area contributed by atoms with Crippen LogP contribution in [-0.2, 0) is 4.79 Å². The predicted octanol–water partition coefficient (Wildman–Crippen LogP) is 1.68. The molecule has 2 rings (SSSR count). The van der Waals surface area contributed by atoms with Crippen LogP contribution in [0.1, 0.15) is 19.3 Å². The Labute approximate surface area is 124 Å². The van der Waals surface area contributed by atoms with Crippen LogP contribution < -0.4 is 19.5 Å². The van der Waals surface area contributed by atoms with E-state index in [1.165, 1.54) is 0 Å². The van der Waals surface area contributed by atoms with E-state index in [4.69, 9.17) is 14.2 Å². The lowest BCUT2D eigenvalue weighted by Crippen LogP contribution is -2.39. The van der Waals surface area contributed by atoms with Gasteiger partial charge in [0.2, 0.25) is 5.75 Å². The van der Waals surface area contributed by atoms with Gasteiger partial charge in [0.15, 0.2) is 11.5 Å². The Morgan fingerprint density at radius 2 is 1.95 bits per heavy atom. The lowest BCUT2D eigenvalue weighted by Gasteiger charge is -2.17. The first-order valence-electron chi connectivity index (χ1n) is 6.98. The minimum Gasteiger partial charge on any atom is -0.493 e. The molecule has 2 N–H and O–H groups in total. The lowest BCUT2D eigenvalue weighted by atomic mass is 10.2. The van der Waals surface area contributed by atoms with E-state index in [0.29, 0.717) is 29.7 Å². The highest BCUT2D eigenvalue weighted by molar-refractivity contribution is 5.73. The molecule has 0 spiro atoms. The highest BCUT2D eigenvalue weighted by Gasteiger charge is 2.28. The summed E-state index contributed by atoms with van der Waals surface area (Å²) in [5.74, 6) is 0.781. The maximum atomic E-state index is 11.2. The Morgan fingerprint density at radius 3 is 2.43 bits per heavy atom. The number of para-hydroxylation sites is 1. The number of rotatable bonds is 9. The molecule has 1 aliphatic carbocycles. The second-order valence-corrected chi connectivity index (χ2v) is 4.96. The molecule has 0 saturated heterocycles. The van der Waals surface area contributed by atoms with E-state index < -0.39 is 12.0 Å². The summed E-state index contributed by atoms with van der Waals surface area (Å²) in [5.41, 5.74) is 0. The van der Waals surface area contributed by atoms with Gasteiger partial charge in [-0.05, 0) is 25.0 Å². The highest BCUT2D eigenvalue weighted by atomic mass is 16.5. The molecule has 1 atom stereocenters. The first kappa shape index (κ1) is 15.4. The van der Waals surface area contributed by atoms with Crippen LogP contribution >= 0.6 is 0 Å². The van der Waals surface area contributed by atoms with Gasteiger partial charge in [-0.25, -0.2) is 0 Å². The number of nitrogens with one attached hydrogen (secondary N) is 1. The van der Waals surface area contributed by atoms with Gasteiger partial charge >= 0.3 is 5.97 Å². The van der Waals surface area contributed by atoms with Crippen LogP contribution in [0, 0.1) is 0 Å². The van der Waals surface area contributed by atoms with Crippen molar-refractivity contribution < 1.29 is 24.1 Å². The molecule has 1 fully saturated rings. The minimum absolute atomic E-state index is 0.271. The number of methoxy groups -OCH3 is 2. The van der Waals surface area contributed by atoms with Crippen LogP contribution in [-0.4, -0.2) is 44.0 Å². The second kappa shape index (κ2) is 7.17. The van der Waals surface area contributed by atoms with Crippen LogP contribution in [0.15, 0.2) is 18.2 Å². The monoisotopic (exact) mass is 295 g/mol. The highest BCUT2D eigenvalue weighted by Crippen LogP contribution is 2.36. The number of benzene rings is 1. The summed E-state index contributed by atoms with van der Waals surface area (Å²) in [6.07, 6.45) is 2.48. The third-order valence-corrected chi connectivity index (χ3v) is 3.35. The van der Waals surface area contributed by atoms with Gasteiger partial charge in [0.25, 0.3) is 0 Å². The molecule has 1 unspecified atom stereocenters. The quantitative estimate of drug-likeness (QED) is 0.722. The van der Waals surface area contributed by atoms with Crippen molar-refractivity contribution >= 4 is 5.97 Å². The van der Waals surface area contributed by atoms with Gasteiger partial charge in [-0.3, -0.25) is 4.79 Å². The van der Waals surface area contributed by atoms with Gasteiger partial charge in [0.1, 0.15) is 6.04 Å². The molecule has 0 bridgehead atoms. The Morgan fingerprint density at radius 1 is 1.33 bits per heavy atom. The van der Waals surface area contributed by atoms with E-state index in [1.807, 2.05) is 0 Å². The van der Waals surface area contributed by atoms with E-state index in [0.717, 1.165) is 12.8 Å². The second-order valence-electron chi connectivity index (χ2n) is 4.96. The van der Waals surface area contributed by atoms with Crippen LogP contribution in [0.5, 0.6) is 17.2 Å². The molecule has 116 valence electrons. The molecule has 0 amide bonds. The average Bonchev–Trinajstić information content (AvgIpc) is 3.30. The normalized spacial score (nSPS) is 15.3. The molecule has 6 heteroatoms. The standard InChI is InChI=1S/C15H21NO5/c1-19-12-4-3-5-13(20-2)14(12)21-9-8-11(15(17)18)16-10-6-7-10/h3-5,10-11,16H,6-9H2,1-2H3,(H,17,18). The molecule has 1 aromatic rings. The third-order valence-electron chi connectivity index (χ3n) is 3.35. The predicted molar refractivity (Wildman–Crippen MR) is 77.2 cm³/mol. The summed E-state index contributed by atoms with van der Waals surface area (Å²) in [7, 11) is 3.10. The number of carbonyl (C=O) groups is 1. The molecular formula is C15H21NO5.